The number of nitrogens with zero attached hydrogens (tertiary/aromatic N) is 1. The van der Waals surface area contributed by atoms with Crippen LogP contribution in [0.25, 0.3) is 0 Å². The van der Waals surface area contributed by atoms with E-state index in [-0.39, 0.29) is 6.42 Å². The second-order valence-electron chi connectivity index (χ2n) is 5.62. The number of amides is 3. The molecule has 0 aliphatic heterocycles. The van der Waals surface area contributed by atoms with Crippen LogP contribution >= 0.6 is 11.8 Å². The van der Waals surface area contributed by atoms with Gasteiger partial charge in [-0.3, -0.25) is 19.2 Å². The highest BCUT2D eigenvalue weighted by atomic mass is 32.2. The highest BCUT2D eigenvalue weighted by molar-refractivity contribution is 7.98. The van der Waals surface area contributed by atoms with Gasteiger partial charge in [0.15, 0.2) is 0 Å². The number of aromatic nitrogens is 2. The van der Waals surface area contributed by atoms with Crippen molar-refractivity contribution in [2.75, 3.05) is 25.1 Å². The number of rotatable bonds is 12. The smallest absolute Gasteiger partial charge is 0.322 e. The van der Waals surface area contributed by atoms with E-state index in [1.165, 1.54) is 18.1 Å². The lowest BCUT2D eigenvalue weighted by Gasteiger charge is -2.20. The number of thioether (sulfide) groups is 1. The molecule has 1 rings (SSSR count). The van der Waals surface area contributed by atoms with Gasteiger partial charge in [0.25, 0.3) is 0 Å². The maximum absolute atomic E-state index is 12.3. The molecular weight excluding hydrogens is 376 g/mol. The van der Waals surface area contributed by atoms with E-state index in [1.807, 2.05) is 6.26 Å². The van der Waals surface area contributed by atoms with Gasteiger partial charge >= 0.3 is 5.97 Å². The largest absolute Gasteiger partial charge is 0.480 e. The van der Waals surface area contributed by atoms with Gasteiger partial charge in [-0.25, -0.2) is 4.98 Å². The average Bonchev–Trinajstić information content (AvgIpc) is 3.13. The minimum atomic E-state index is -1.19. The molecular formula is C15H24N6O5S. The number of carbonyl (C=O) groups is 4. The Morgan fingerprint density at radius 3 is 2.59 bits per heavy atom. The number of hydrogen-bond donors (Lipinski definition) is 6. The number of H-pyrrole nitrogens is 1. The summed E-state index contributed by atoms with van der Waals surface area (Å²) in [7, 11) is 0. The van der Waals surface area contributed by atoms with Crippen LogP contribution in [-0.2, 0) is 25.6 Å². The van der Waals surface area contributed by atoms with Crippen molar-refractivity contribution < 1.29 is 24.3 Å². The third-order valence-electron chi connectivity index (χ3n) is 3.44. The predicted octanol–water partition coefficient (Wildman–Crippen LogP) is -2.17. The summed E-state index contributed by atoms with van der Waals surface area (Å²) >= 11 is 1.50. The van der Waals surface area contributed by atoms with Crippen LogP contribution < -0.4 is 21.7 Å². The molecule has 0 saturated carbocycles. The van der Waals surface area contributed by atoms with E-state index in [4.69, 9.17) is 10.8 Å². The molecule has 150 valence electrons. The summed E-state index contributed by atoms with van der Waals surface area (Å²) in [4.78, 5) is 53.1. The average molecular weight is 400 g/mol. The number of carboxylic acids is 1. The zero-order valence-corrected chi connectivity index (χ0v) is 15.7. The standard InChI is InChI=1S/C15H24N6O5S/c1-27-3-2-11(15(26)19-6-12(22)18-7-13(23)24)21-14(25)10(16)4-9-5-17-8-20-9/h5,8,10-11H,2-4,6-7,16H2,1H3,(H,17,20)(H,18,22)(H,19,26)(H,21,25)(H,23,24). The van der Waals surface area contributed by atoms with Gasteiger partial charge in [-0.05, 0) is 18.4 Å². The lowest BCUT2D eigenvalue weighted by molar-refractivity contribution is -0.138. The molecule has 1 aromatic heterocycles. The summed E-state index contributed by atoms with van der Waals surface area (Å²) in [5, 5.41) is 15.6. The second kappa shape index (κ2) is 11.9. The first-order valence-electron chi connectivity index (χ1n) is 8.11. The van der Waals surface area contributed by atoms with E-state index < -0.39 is 48.9 Å². The first-order valence-corrected chi connectivity index (χ1v) is 9.51. The number of nitrogens with one attached hydrogen (secondary N) is 4. The van der Waals surface area contributed by atoms with Gasteiger partial charge in [0.05, 0.1) is 18.9 Å². The molecule has 0 aliphatic rings. The van der Waals surface area contributed by atoms with Crippen molar-refractivity contribution in [3.05, 3.63) is 18.2 Å². The maximum Gasteiger partial charge on any atom is 0.322 e. The van der Waals surface area contributed by atoms with Gasteiger partial charge in [0.2, 0.25) is 17.7 Å². The monoisotopic (exact) mass is 400 g/mol. The fraction of sp³-hybridized carbons (Fsp3) is 0.533. The van der Waals surface area contributed by atoms with E-state index >= 15 is 0 Å². The third-order valence-corrected chi connectivity index (χ3v) is 4.08. The zero-order chi connectivity index (χ0) is 20.2. The number of carbonyl (C=O) groups excluding carboxylic acids is 3. The molecule has 27 heavy (non-hydrogen) atoms. The van der Waals surface area contributed by atoms with Crippen LogP contribution in [0.1, 0.15) is 12.1 Å². The molecule has 0 radical (unpaired) electrons. The van der Waals surface area contributed by atoms with Crippen LogP contribution in [-0.4, -0.2) is 75.9 Å². The molecule has 2 atom stereocenters. The minimum Gasteiger partial charge on any atom is -0.480 e. The van der Waals surface area contributed by atoms with Gasteiger partial charge in [-0.15, -0.1) is 0 Å². The lowest BCUT2D eigenvalue weighted by atomic mass is 10.1. The molecule has 1 heterocycles. The molecule has 0 saturated heterocycles. The van der Waals surface area contributed by atoms with E-state index in [1.54, 1.807) is 6.20 Å². The Morgan fingerprint density at radius 1 is 1.26 bits per heavy atom. The van der Waals surface area contributed by atoms with E-state index in [9.17, 15) is 19.2 Å². The van der Waals surface area contributed by atoms with Crippen molar-refractivity contribution >= 4 is 35.5 Å². The number of nitrogens with two attached hydrogens (primary N) is 1. The normalized spacial score (nSPS) is 12.7. The van der Waals surface area contributed by atoms with E-state index in [2.05, 4.69) is 25.9 Å². The number of hydrogen-bond acceptors (Lipinski definition) is 7. The van der Waals surface area contributed by atoms with Gasteiger partial charge < -0.3 is 31.8 Å². The molecule has 0 aliphatic carbocycles. The fourth-order valence-electron chi connectivity index (χ4n) is 2.04. The SMILES string of the molecule is CSCCC(NC(=O)C(N)Cc1cnc[nH]1)C(=O)NCC(=O)NCC(=O)O. The summed E-state index contributed by atoms with van der Waals surface area (Å²) < 4.78 is 0. The van der Waals surface area contributed by atoms with Crippen molar-refractivity contribution in [3.63, 3.8) is 0 Å². The zero-order valence-electron chi connectivity index (χ0n) is 14.9. The van der Waals surface area contributed by atoms with Crippen molar-refractivity contribution in [3.8, 4) is 0 Å². The lowest BCUT2D eigenvalue weighted by Crippen LogP contribution is -2.53. The van der Waals surface area contributed by atoms with Crippen molar-refractivity contribution in [1.29, 1.82) is 0 Å². The summed E-state index contributed by atoms with van der Waals surface area (Å²) in [5.74, 6) is -2.26. The van der Waals surface area contributed by atoms with Gasteiger partial charge in [0.1, 0.15) is 12.6 Å². The molecule has 2 unspecified atom stereocenters. The summed E-state index contributed by atoms with van der Waals surface area (Å²) in [6.07, 6.45) is 5.48. The van der Waals surface area contributed by atoms with Crippen molar-refractivity contribution in [2.24, 2.45) is 5.73 Å². The Labute approximate surface area is 160 Å². The molecule has 12 heteroatoms. The quantitative estimate of drug-likeness (QED) is 0.229. The highest BCUT2D eigenvalue weighted by Crippen LogP contribution is 2.03. The Balaban J connectivity index is 2.54. The van der Waals surface area contributed by atoms with Gasteiger partial charge in [-0.2, -0.15) is 11.8 Å². The van der Waals surface area contributed by atoms with Crippen LogP contribution in [0.2, 0.25) is 0 Å². The molecule has 0 spiro atoms. The fourth-order valence-corrected chi connectivity index (χ4v) is 2.51. The molecule has 0 aromatic carbocycles. The summed E-state index contributed by atoms with van der Waals surface area (Å²) in [5.41, 5.74) is 6.55. The first-order chi connectivity index (χ1) is 12.8. The highest BCUT2D eigenvalue weighted by Gasteiger charge is 2.24. The topological polar surface area (TPSA) is 179 Å². The van der Waals surface area contributed by atoms with Crippen LogP contribution in [0, 0.1) is 0 Å². The van der Waals surface area contributed by atoms with Crippen LogP contribution in [0.5, 0.6) is 0 Å². The van der Waals surface area contributed by atoms with Crippen LogP contribution in [0.4, 0.5) is 0 Å². The Bertz CT molecular complexity index is 639. The van der Waals surface area contributed by atoms with Crippen molar-refractivity contribution in [1.82, 2.24) is 25.9 Å². The number of imidazole rings is 1. The van der Waals surface area contributed by atoms with E-state index in [0.717, 1.165) is 0 Å². The second-order valence-corrected chi connectivity index (χ2v) is 6.60. The summed E-state index contributed by atoms with van der Waals surface area (Å²) in [6, 6.07) is -1.72. The number of aliphatic carboxylic acids is 1. The molecule has 0 fully saturated rings. The Kier molecular flexibility index (Phi) is 9.90. The summed E-state index contributed by atoms with van der Waals surface area (Å²) in [6.45, 7) is -0.929. The molecule has 11 nitrogen and oxygen atoms in total. The minimum absolute atomic E-state index is 0.236. The maximum atomic E-state index is 12.3. The third kappa shape index (κ3) is 9.06. The molecule has 3 amide bonds. The Morgan fingerprint density at radius 2 is 2.00 bits per heavy atom. The molecule has 1 aromatic rings. The predicted molar refractivity (Wildman–Crippen MR) is 98.9 cm³/mol. The van der Waals surface area contributed by atoms with Crippen LogP contribution in [0.15, 0.2) is 12.5 Å². The first kappa shape index (κ1) is 22.4. The Hall–Kier alpha value is -2.60. The number of carboxylic acid groups (broad SMARTS) is 1. The van der Waals surface area contributed by atoms with Gasteiger partial charge in [0, 0.05) is 18.3 Å². The molecule has 0 bridgehead atoms. The number of aromatic amines is 1. The molecule has 7 N–H and O–H groups in total. The van der Waals surface area contributed by atoms with E-state index in [0.29, 0.717) is 17.9 Å². The van der Waals surface area contributed by atoms with Gasteiger partial charge in [-0.1, -0.05) is 0 Å². The van der Waals surface area contributed by atoms with Crippen LogP contribution in [0.3, 0.4) is 0 Å². The van der Waals surface area contributed by atoms with Crippen molar-refractivity contribution in [2.45, 2.75) is 24.9 Å².